The van der Waals surface area contributed by atoms with Crippen molar-refractivity contribution in [1.82, 2.24) is 4.90 Å². The van der Waals surface area contributed by atoms with Crippen LogP contribution >= 0.6 is 0 Å². The lowest BCUT2D eigenvalue weighted by Gasteiger charge is -2.40. The van der Waals surface area contributed by atoms with Gasteiger partial charge in [-0.3, -0.25) is 4.79 Å². The second-order valence-corrected chi connectivity index (χ2v) is 4.71. The number of hydrogen-bond donors (Lipinski definition) is 0. The normalized spacial score (nSPS) is 34.6. The quantitative estimate of drug-likeness (QED) is 0.780. The van der Waals surface area contributed by atoms with Crippen LogP contribution in [0.1, 0.15) is 48.0 Å². The fourth-order valence-electron chi connectivity index (χ4n) is 2.21. The highest BCUT2D eigenvalue weighted by atomic mass is 16.5. The number of carbonyl (C=O) groups is 1. The molecule has 0 saturated carbocycles. The maximum absolute atomic E-state index is 12.7. The topological polar surface area (TPSA) is 29.5 Å². The molecule has 1 aromatic rings. The zero-order valence-corrected chi connectivity index (χ0v) is 11.0. The molecule has 0 spiro atoms. The molecule has 110 valence electrons. The Morgan fingerprint density at radius 3 is 2.85 bits per heavy atom. The average molecular weight is 287 g/mol. The summed E-state index contributed by atoms with van der Waals surface area (Å²) in [4.78, 5) is 13.3. The van der Waals surface area contributed by atoms with Crippen LogP contribution in [0.15, 0.2) is 30.3 Å². The molecule has 0 amide bonds. The lowest BCUT2D eigenvalue weighted by Crippen LogP contribution is -2.40. The first-order valence-electron chi connectivity index (χ1n) is 12.3. The van der Waals surface area contributed by atoms with Gasteiger partial charge >= 0.3 is 5.97 Å². The third-order valence-corrected chi connectivity index (χ3v) is 3.18. The van der Waals surface area contributed by atoms with Gasteiger partial charge in [-0.2, -0.15) is 0 Å². The second kappa shape index (κ2) is 6.89. The molecule has 20 heavy (non-hydrogen) atoms. The minimum absolute atomic E-state index is 0.325. The number of ether oxygens (including phenoxy) is 1. The van der Waals surface area contributed by atoms with Crippen molar-refractivity contribution in [2.45, 2.75) is 32.4 Å². The van der Waals surface area contributed by atoms with Gasteiger partial charge in [-0.25, -0.2) is 0 Å². The highest BCUT2D eigenvalue weighted by Crippen LogP contribution is 2.38. The van der Waals surface area contributed by atoms with Gasteiger partial charge in [-0.15, -0.1) is 0 Å². The predicted molar refractivity (Wildman–Crippen MR) is 80.6 cm³/mol. The van der Waals surface area contributed by atoms with Crippen LogP contribution in [0.4, 0.5) is 0 Å². The SMILES string of the molecule is [2H]C([2H])([2H])N1CC([2H])([2H])C(CC(=O)OC([2H])([2H])C([2H])([2H])[2H])(Cc2ccccc2)C([2H])([2H])C1. The predicted octanol–water partition coefficient (Wildman–Crippen LogP) is 2.89. The lowest BCUT2D eigenvalue weighted by molar-refractivity contribution is -0.146. The number of hydrogen-bond acceptors (Lipinski definition) is 3. The van der Waals surface area contributed by atoms with E-state index in [1.807, 2.05) is 0 Å². The second-order valence-electron chi connectivity index (χ2n) is 4.71. The first-order valence-corrected chi connectivity index (χ1v) is 6.25. The van der Waals surface area contributed by atoms with Crippen molar-refractivity contribution in [1.29, 1.82) is 0 Å². The van der Waals surface area contributed by atoms with Gasteiger partial charge in [0.05, 0.1) is 15.7 Å². The van der Waals surface area contributed by atoms with Crippen molar-refractivity contribution in [2.24, 2.45) is 5.41 Å². The van der Waals surface area contributed by atoms with Gasteiger partial charge in [0.1, 0.15) is 0 Å². The summed E-state index contributed by atoms with van der Waals surface area (Å²) < 4.78 is 98.3. The summed E-state index contributed by atoms with van der Waals surface area (Å²) in [6.45, 7) is -10.9. The lowest BCUT2D eigenvalue weighted by atomic mass is 9.71. The zero-order chi connectivity index (χ0) is 24.8. The van der Waals surface area contributed by atoms with E-state index in [4.69, 9.17) is 16.4 Å². The molecule has 2 rings (SSSR count). The van der Waals surface area contributed by atoms with Gasteiger partial charge < -0.3 is 9.64 Å². The van der Waals surface area contributed by atoms with E-state index >= 15 is 0 Å². The van der Waals surface area contributed by atoms with Crippen molar-refractivity contribution < 1.29 is 26.0 Å². The molecule has 1 aliphatic heterocycles. The number of benzene rings is 1. The minimum Gasteiger partial charge on any atom is -0.466 e. The Morgan fingerprint density at radius 1 is 1.45 bits per heavy atom. The van der Waals surface area contributed by atoms with E-state index in [2.05, 4.69) is 4.74 Å². The molecule has 0 radical (unpaired) electrons. The van der Waals surface area contributed by atoms with Crippen molar-refractivity contribution in [2.75, 3.05) is 26.6 Å². The maximum atomic E-state index is 12.7. The number of carbonyl (C=O) groups excluding carboxylic acids is 1. The third kappa shape index (κ3) is 4.07. The van der Waals surface area contributed by atoms with Gasteiger partial charge in [-0.05, 0) is 57.1 Å². The Kier molecular flexibility index (Phi) is 2.00. The summed E-state index contributed by atoms with van der Waals surface area (Å²) >= 11 is 0. The molecule has 0 aromatic heterocycles. The zero-order valence-electron chi connectivity index (χ0n) is 23.0. The minimum atomic E-state index is -3.36. The van der Waals surface area contributed by atoms with Gasteiger partial charge in [0, 0.05) is 13.7 Å². The van der Waals surface area contributed by atoms with E-state index in [1.165, 1.54) is 0 Å². The molecule has 1 heterocycles. The standard InChI is InChI=1S/C17H25NO2/c1-3-20-16(19)14-17(9-11-18(2)12-10-17)13-15-7-5-4-6-8-15/h4-8H,3,9-14H2,1-2H3/i1D3,2D3,3D2,9D2,10D2. The molecule has 1 fully saturated rings. The van der Waals surface area contributed by atoms with Crippen LogP contribution < -0.4 is 0 Å². The third-order valence-electron chi connectivity index (χ3n) is 3.18. The van der Waals surface area contributed by atoms with Crippen molar-refractivity contribution >= 4 is 5.97 Å². The van der Waals surface area contributed by atoms with Crippen molar-refractivity contribution in [3.8, 4) is 0 Å². The number of nitrogens with zero attached hydrogens (tertiary/aromatic N) is 1. The average Bonchev–Trinajstić information content (AvgIpc) is 2.57. The Bertz CT molecular complexity index is 801. The first-order chi connectivity index (χ1) is 14.2. The number of esters is 1. The van der Waals surface area contributed by atoms with E-state index in [1.54, 1.807) is 30.3 Å². The molecule has 1 aromatic carbocycles. The largest absolute Gasteiger partial charge is 0.466 e. The number of rotatable bonds is 5. The highest BCUT2D eigenvalue weighted by Gasteiger charge is 2.36. The van der Waals surface area contributed by atoms with Crippen LogP contribution in [0.3, 0.4) is 0 Å². The fourth-order valence-corrected chi connectivity index (χ4v) is 2.21. The molecule has 1 aliphatic rings. The molecule has 0 atom stereocenters. The molecule has 0 bridgehead atoms. The van der Waals surface area contributed by atoms with Crippen LogP contribution in [0.2, 0.25) is 0 Å². The summed E-state index contributed by atoms with van der Waals surface area (Å²) in [6, 6.07) is 8.15. The monoisotopic (exact) mass is 287 g/mol. The molecule has 0 N–H and O–H groups in total. The summed E-state index contributed by atoms with van der Waals surface area (Å²) in [7, 11) is 0. The highest BCUT2D eigenvalue weighted by molar-refractivity contribution is 5.70. The van der Waals surface area contributed by atoms with E-state index in [9.17, 15) is 4.79 Å². The van der Waals surface area contributed by atoms with E-state index in [-0.39, 0.29) is 6.42 Å². The van der Waals surface area contributed by atoms with Crippen LogP contribution in [0.5, 0.6) is 0 Å². The van der Waals surface area contributed by atoms with E-state index in [0.29, 0.717) is 10.5 Å². The van der Waals surface area contributed by atoms with E-state index in [0.717, 1.165) is 0 Å². The first kappa shape index (κ1) is 5.80. The van der Waals surface area contributed by atoms with Gasteiger partial charge in [0.2, 0.25) is 0 Å². The Balaban J connectivity index is 2.53. The van der Waals surface area contributed by atoms with E-state index < -0.39 is 64.0 Å². The molecule has 0 aliphatic carbocycles. The van der Waals surface area contributed by atoms with Gasteiger partial charge in [-0.1, -0.05) is 30.3 Å². The summed E-state index contributed by atoms with van der Waals surface area (Å²) in [5.41, 5.74) is -1.69. The molecule has 3 nitrogen and oxygen atoms in total. The fraction of sp³-hybridized carbons (Fsp3) is 0.588. The molecular formula is C17H25NO2. The number of likely N-dealkylation sites (tertiary alicyclic amines) is 1. The summed E-state index contributed by atoms with van der Waals surface area (Å²) in [5.74, 6) is -1.43. The number of piperidine rings is 1. The molecule has 3 heteroatoms. The van der Waals surface area contributed by atoms with Crippen LogP contribution in [0, 0.1) is 5.41 Å². The maximum Gasteiger partial charge on any atom is 0.306 e. The van der Waals surface area contributed by atoms with Crippen LogP contribution in [-0.4, -0.2) is 37.5 Å². The summed E-state index contributed by atoms with van der Waals surface area (Å²) in [5, 5.41) is 0. The Labute approximate surface area is 138 Å². The van der Waals surface area contributed by atoms with Crippen LogP contribution in [0.25, 0.3) is 0 Å². The van der Waals surface area contributed by atoms with Crippen molar-refractivity contribution in [3.05, 3.63) is 35.9 Å². The summed E-state index contributed by atoms with van der Waals surface area (Å²) in [6.07, 6.45) is -6.48. The Hall–Kier alpha value is -1.35. The molecule has 1 saturated heterocycles. The molecule has 0 unspecified atom stereocenters. The van der Waals surface area contributed by atoms with Crippen molar-refractivity contribution in [3.63, 3.8) is 0 Å². The smallest absolute Gasteiger partial charge is 0.306 e. The Morgan fingerprint density at radius 2 is 2.20 bits per heavy atom. The molecular weight excluding hydrogens is 250 g/mol. The van der Waals surface area contributed by atoms with Crippen LogP contribution in [-0.2, 0) is 16.0 Å². The van der Waals surface area contributed by atoms with Gasteiger partial charge in [0.15, 0.2) is 0 Å². The van der Waals surface area contributed by atoms with Gasteiger partial charge in [0.25, 0.3) is 0 Å².